The molecule has 8 aromatic rings. The number of hydrogen-bond acceptors (Lipinski definition) is 5. The molecule has 0 saturated heterocycles. The average Bonchev–Trinajstić information content (AvgIpc) is 3.55. The van der Waals surface area contributed by atoms with E-state index in [1.165, 1.54) is 0 Å². The van der Waals surface area contributed by atoms with Gasteiger partial charge in [-0.3, -0.25) is 9.98 Å². The second-order valence-corrected chi connectivity index (χ2v) is 10.2. The van der Waals surface area contributed by atoms with Crippen molar-refractivity contribution in [3.05, 3.63) is 127 Å². The number of fused-ring (bicyclic) bond motifs is 4. The zero-order chi connectivity index (χ0) is 28.2. The Morgan fingerprint density at radius 1 is 0.595 bits per heavy atom. The first-order valence-electron chi connectivity index (χ1n) is 13.7. The van der Waals surface area contributed by atoms with Gasteiger partial charge in [0.2, 0.25) is 5.62 Å². The summed E-state index contributed by atoms with van der Waals surface area (Å²) < 4.78 is 10.2. The highest BCUT2D eigenvalue weighted by Crippen LogP contribution is 2.37. The summed E-state index contributed by atoms with van der Waals surface area (Å²) in [5, 5.41) is 10.7. The summed E-state index contributed by atoms with van der Waals surface area (Å²) in [7, 11) is 1.92. The van der Waals surface area contributed by atoms with Crippen LogP contribution in [0, 0.1) is 5.41 Å². The fourth-order valence-electron chi connectivity index (χ4n) is 5.65. The van der Waals surface area contributed by atoms with Crippen LogP contribution < -0.4 is 5.62 Å². The molecule has 8 rings (SSSR count). The van der Waals surface area contributed by atoms with E-state index >= 15 is 0 Å². The summed E-state index contributed by atoms with van der Waals surface area (Å²) in [6, 6.07) is 40.0. The van der Waals surface area contributed by atoms with Gasteiger partial charge in [0.15, 0.2) is 17.5 Å². The molecule has 0 amide bonds. The molecular weight excluding hydrogens is 520 g/mol. The minimum Gasteiger partial charge on any atom is -0.456 e. The van der Waals surface area contributed by atoms with Crippen LogP contribution in [0.1, 0.15) is 0 Å². The third-order valence-electron chi connectivity index (χ3n) is 7.69. The lowest BCUT2D eigenvalue weighted by Gasteiger charge is -2.09. The molecule has 0 saturated carbocycles. The highest BCUT2D eigenvalue weighted by atomic mass is 16.3. The Hall–Kier alpha value is -5.82. The van der Waals surface area contributed by atoms with E-state index in [0.29, 0.717) is 23.1 Å². The molecule has 3 heterocycles. The van der Waals surface area contributed by atoms with Crippen LogP contribution in [0.4, 0.5) is 0 Å². The molecule has 0 unspecified atom stereocenters. The van der Waals surface area contributed by atoms with Crippen LogP contribution in [0.15, 0.2) is 126 Å². The van der Waals surface area contributed by atoms with E-state index in [1.807, 2.05) is 131 Å². The number of furan rings is 1. The maximum atomic E-state index is 8.86. The molecular formula is C35H24N6O. The maximum Gasteiger partial charge on any atom is 0.207 e. The summed E-state index contributed by atoms with van der Waals surface area (Å²) in [6.07, 6.45) is 0. The van der Waals surface area contributed by atoms with Gasteiger partial charge in [0.25, 0.3) is 0 Å². The first kappa shape index (κ1) is 24.0. The van der Waals surface area contributed by atoms with E-state index in [-0.39, 0.29) is 0 Å². The van der Waals surface area contributed by atoms with Crippen LogP contribution in [-0.4, -0.2) is 24.1 Å². The minimum absolute atomic E-state index is 0.390. The van der Waals surface area contributed by atoms with Gasteiger partial charge in [0, 0.05) is 34.5 Å². The molecule has 0 spiro atoms. The van der Waals surface area contributed by atoms with Gasteiger partial charge in [0.05, 0.1) is 16.7 Å². The number of benzene rings is 5. The van der Waals surface area contributed by atoms with Gasteiger partial charge in [-0.25, -0.2) is 15.0 Å². The van der Waals surface area contributed by atoms with Gasteiger partial charge in [0.1, 0.15) is 11.2 Å². The normalized spacial score (nSPS) is 11.5. The van der Waals surface area contributed by atoms with Crippen molar-refractivity contribution in [2.75, 3.05) is 0 Å². The zero-order valence-electron chi connectivity index (χ0n) is 22.7. The molecule has 0 bridgehead atoms. The first-order chi connectivity index (χ1) is 20.7. The molecule has 7 nitrogen and oxygen atoms in total. The third-order valence-corrected chi connectivity index (χ3v) is 7.69. The zero-order valence-corrected chi connectivity index (χ0v) is 22.7. The fourth-order valence-corrected chi connectivity index (χ4v) is 5.65. The van der Waals surface area contributed by atoms with E-state index in [9.17, 15) is 0 Å². The first-order valence-corrected chi connectivity index (χ1v) is 13.7. The van der Waals surface area contributed by atoms with E-state index in [1.54, 1.807) is 0 Å². The molecule has 0 radical (unpaired) electrons. The van der Waals surface area contributed by atoms with Crippen molar-refractivity contribution in [3.8, 4) is 39.9 Å². The van der Waals surface area contributed by atoms with Gasteiger partial charge in [-0.15, -0.1) is 0 Å². The number of imidazole rings is 1. The number of nitrogens with one attached hydrogen (secondary N) is 1. The molecule has 0 fully saturated rings. The summed E-state index contributed by atoms with van der Waals surface area (Å²) in [5.41, 5.74) is 7.43. The van der Waals surface area contributed by atoms with E-state index in [0.717, 1.165) is 55.3 Å². The van der Waals surface area contributed by atoms with Crippen LogP contribution in [0.5, 0.6) is 0 Å². The Bertz CT molecular complexity index is 2270. The lowest BCUT2D eigenvalue weighted by Crippen LogP contribution is -2.21. The Balaban J connectivity index is 1.39. The SMILES string of the molecule is Cn1c(=N)n(-c2ccc3oc4cccc(-c5nc(-c6ccccc6)nc(-c6ccccc6)n5)c4c3c2)c2ccccc21. The largest absolute Gasteiger partial charge is 0.456 e. The second-order valence-electron chi connectivity index (χ2n) is 10.2. The van der Waals surface area contributed by atoms with E-state index < -0.39 is 0 Å². The van der Waals surface area contributed by atoms with Crippen LogP contribution >= 0.6 is 0 Å². The Morgan fingerprint density at radius 2 is 1.21 bits per heavy atom. The molecule has 0 aliphatic carbocycles. The molecule has 1 N–H and O–H groups in total. The number of nitrogens with zero attached hydrogens (tertiary/aromatic N) is 5. The lowest BCUT2D eigenvalue weighted by atomic mass is 10.0. The van der Waals surface area contributed by atoms with Crippen molar-refractivity contribution in [2.45, 2.75) is 0 Å². The molecule has 0 atom stereocenters. The second kappa shape index (κ2) is 9.38. The van der Waals surface area contributed by atoms with Crippen LogP contribution in [0.3, 0.4) is 0 Å². The standard InChI is InChI=1S/C35H24N6O/c1-40-27-16-8-9-17-28(27)41(35(40)36)24-19-20-29-26(21-24)31-25(15-10-18-30(31)42-29)34-38-32(22-11-4-2-5-12-22)37-33(39-34)23-13-6-3-7-14-23/h2-21,36H,1H3. The maximum absolute atomic E-state index is 8.86. The quantitative estimate of drug-likeness (QED) is 0.248. The van der Waals surface area contributed by atoms with E-state index in [4.69, 9.17) is 24.8 Å². The molecule has 7 heteroatoms. The van der Waals surface area contributed by atoms with Crippen molar-refractivity contribution in [1.29, 1.82) is 5.41 Å². The predicted molar refractivity (Wildman–Crippen MR) is 165 cm³/mol. The monoisotopic (exact) mass is 544 g/mol. The van der Waals surface area contributed by atoms with Gasteiger partial charge in [-0.05, 0) is 36.4 Å². The summed E-state index contributed by atoms with van der Waals surface area (Å²) in [5.74, 6) is 1.78. The van der Waals surface area contributed by atoms with Gasteiger partial charge < -0.3 is 8.98 Å². The average molecular weight is 545 g/mol. The summed E-state index contributed by atoms with van der Waals surface area (Å²) in [6.45, 7) is 0. The summed E-state index contributed by atoms with van der Waals surface area (Å²) >= 11 is 0. The molecule has 5 aromatic carbocycles. The number of aryl methyl sites for hydroxylation is 1. The third kappa shape index (κ3) is 3.75. The molecule has 42 heavy (non-hydrogen) atoms. The number of aromatic nitrogens is 5. The van der Waals surface area contributed by atoms with E-state index in [2.05, 4.69) is 6.07 Å². The number of hydrogen-bond donors (Lipinski definition) is 1. The van der Waals surface area contributed by atoms with Crippen LogP contribution in [0.25, 0.3) is 72.8 Å². The molecule has 0 aliphatic rings. The van der Waals surface area contributed by atoms with Crippen LogP contribution in [-0.2, 0) is 7.05 Å². The minimum atomic E-state index is 0.390. The Kier molecular flexibility index (Phi) is 5.37. The lowest BCUT2D eigenvalue weighted by molar-refractivity contribution is 0.669. The topological polar surface area (TPSA) is 85.5 Å². The van der Waals surface area contributed by atoms with Crippen molar-refractivity contribution in [2.24, 2.45) is 7.05 Å². The molecule has 200 valence electrons. The summed E-state index contributed by atoms with van der Waals surface area (Å²) in [4.78, 5) is 14.8. The highest BCUT2D eigenvalue weighted by molar-refractivity contribution is 6.12. The predicted octanol–water partition coefficient (Wildman–Crippen LogP) is 7.53. The van der Waals surface area contributed by atoms with Crippen molar-refractivity contribution < 1.29 is 4.42 Å². The fraction of sp³-hybridized carbons (Fsp3) is 0.0286. The number of rotatable bonds is 4. The smallest absolute Gasteiger partial charge is 0.207 e. The Labute approximate surface area is 240 Å². The van der Waals surface area contributed by atoms with Gasteiger partial charge >= 0.3 is 0 Å². The highest BCUT2D eigenvalue weighted by Gasteiger charge is 2.19. The molecule has 3 aromatic heterocycles. The molecule has 0 aliphatic heterocycles. The number of para-hydroxylation sites is 2. The Morgan fingerprint density at radius 3 is 1.90 bits per heavy atom. The van der Waals surface area contributed by atoms with Crippen molar-refractivity contribution in [1.82, 2.24) is 24.1 Å². The van der Waals surface area contributed by atoms with Crippen molar-refractivity contribution >= 4 is 33.0 Å². The van der Waals surface area contributed by atoms with Crippen molar-refractivity contribution in [3.63, 3.8) is 0 Å². The van der Waals surface area contributed by atoms with Gasteiger partial charge in [-0.2, -0.15) is 0 Å². The van der Waals surface area contributed by atoms with Gasteiger partial charge in [-0.1, -0.05) is 84.9 Å². The van der Waals surface area contributed by atoms with Crippen LogP contribution in [0.2, 0.25) is 0 Å².